The number of aromatic nitrogens is 6. The Morgan fingerprint density at radius 1 is 0.964 bits per heavy atom. The Morgan fingerprint density at radius 2 is 1.68 bits per heavy atom. The lowest BCUT2D eigenvalue weighted by Crippen LogP contribution is -2.27. The number of pyridine rings is 2. The van der Waals surface area contributed by atoms with E-state index in [2.05, 4.69) is 24.9 Å². The summed E-state index contributed by atoms with van der Waals surface area (Å²) in [4.78, 5) is 41.0. The summed E-state index contributed by atoms with van der Waals surface area (Å²) in [5.41, 5.74) is 2.09. The fourth-order valence-electron chi connectivity index (χ4n) is 2.74. The van der Waals surface area contributed by atoms with E-state index < -0.39 is 0 Å². The molecule has 0 amide bonds. The van der Waals surface area contributed by atoms with Crippen LogP contribution in [0.5, 0.6) is 0 Å². The highest BCUT2D eigenvalue weighted by Crippen LogP contribution is 2.10. The van der Waals surface area contributed by atoms with Crippen LogP contribution in [0.1, 0.15) is 0 Å². The van der Waals surface area contributed by atoms with Crippen LogP contribution in [0.4, 0.5) is 0 Å². The summed E-state index contributed by atoms with van der Waals surface area (Å²) < 4.78 is 12.3. The summed E-state index contributed by atoms with van der Waals surface area (Å²) >= 11 is 0. The molecule has 4 aromatic rings. The quantitative estimate of drug-likeness (QED) is 0.532. The van der Waals surface area contributed by atoms with Crippen molar-refractivity contribution in [1.82, 2.24) is 29.5 Å². The van der Waals surface area contributed by atoms with E-state index in [9.17, 15) is 9.59 Å². The average Bonchev–Trinajstić information content (AvgIpc) is 3.24. The van der Waals surface area contributed by atoms with Gasteiger partial charge in [-0.3, -0.25) is 14.2 Å². The Bertz CT molecular complexity index is 1220. The molecule has 5 rings (SSSR count). The summed E-state index contributed by atoms with van der Waals surface area (Å²) in [5.74, 6) is 0. The standard InChI is InChI=1S/C11H11N3O3.C7H5N3O/c15-9-6-13-11-8(2-1-3-12-11)14(9)7-10-16-4-5-17-10;11-6-4-9-7-5(10-6)2-1-3-8-7/h1-3,6,10H,4-5,7H2;1-4H,(H,10,11). The van der Waals surface area contributed by atoms with E-state index in [4.69, 9.17) is 9.47 Å². The Hall–Kier alpha value is -3.50. The lowest BCUT2D eigenvalue weighted by Gasteiger charge is -2.12. The second kappa shape index (κ2) is 8.03. The van der Waals surface area contributed by atoms with Crippen LogP contribution in [0.15, 0.2) is 58.6 Å². The maximum Gasteiger partial charge on any atom is 0.269 e. The summed E-state index contributed by atoms with van der Waals surface area (Å²) in [6, 6.07) is 7.10. The smallest absolute Gasteiger partial charge is 0.269 e. The van der Waals surface area contributed by atoms with Crippen LogP contribution in [0, 0.1) is 0 Å². The van der Waals surface area contributed by atoms with E-state index in [0.717, 1.165) is 0 Å². The normalized spacial score (nSPS) is 14.1. The van der Waals surface area contributed by atoms with Crippen molar-refractivity contribution in [3.63, 3.8) is 0 Å². The van der Waals surface area contributed by atoms with Gasteiger partial charge in [-0.2, -0.15) is 0 Å². The lowest BCUT2D eigenvalue weighted by atomic mass is 10.4. The van der Waals surface area contributed by atoms with Gasteiger partial charge in [0.15, 0.2) is 17.6 Å². The Kier molecular flexibility index (Phi) is 5.13. The molecule has 1 N–H and O–H groups in total. The van der Waals surface area contributed by atoms with Crippen molar-refractivity contribution in [2.75, 3.05) is 13.2 Å². The molecule has 0 atom stereocenters. The van der Waals surface area contributed by atoms with E-state index in [1.807, 2.05) is 6.07 Å². The van der Waals surface area contributed by atoms with Crippen LogP contribution in [0.25, 0.3) is 22.3 Å². The minimum Gasteiger partial charge on any atom is -0.348 e. The van der Waals surface area contributed by atoms with Crippen LogP contribution < -0.4 is 11.1 Å². The highest BCUT2D eigenvalue weighted by Gasteiger charge is 2.18. The van der Waals surface area contributed by atoms with Crippen molar-refractivity contribution in [2.45, 2.75) is 12.8 Å². The molecule has 10 nitrogen and oxygen atoms in total. The van der Waals surface area contributed by atoms with Gasteiger partial charge in [-0.25, -0.2) is 19.9 Å². The zero-order chi connectivity index (χ0) is 19.3. The van der Waals surface area contributed by atoms with Crippen molar-refractivity contribution in [3.8, 4) is 0 Å². The molecular weight excluding hydrogens is 364 g/mol. The third-order valence-corrected chi connectivity index (χ3v) is 3.99. The van der Waals surface area contributed by atoms with Crippen LogP contribution in [0.3, 0.4) is 0 Å². The van der Waals surface area contributed by atoms with Gasteiger partial charge < -0.3 is 14.5 Å². The number of nitrogens with zero attached hydrogens (tertiary/aromatic N) is 5. The van der Waals surface area contributed by atoms with Crippen molar-refractivity contribution in [3.05, 3.63) is 69.8 Å². The highest BCUT2D eigenvalue weighted by atomic mass is 16.7. The number of nitrogens with one attached hydrogen (secondary N) is 1. The van der Waals surface area contributed by atoms with Crippen molar-refractivity contribution >= 4 is 22.3 Å². The SMILES string of the molecule is O=c1cnc2ncccc2[nH]1.O=c1cnc2ncccc2n1CC1OCCO1. The maximum atomic E-state index is 11.8. The van der Waals surface area contributed by atoms with Crippen LogP contribution >= 0.6 is 0 Å². The van der Waals surface area contributed by atoms with Crippen molar-refractivity contribution < 1.29 is 9.47 Å². The maximum absolute atomic E-state index is 11.8. The average molecular weight is 380 g/mol. The molecule has 0 aromatic carbocycles. The molecule has 1 saturated heterocycles. The number of fused-ring (bicyclic) bond motifs is 2. The number of hydrogen-bond acceptors (Lipinski definition) is 8. The number of H-pyrrole nitrogens is 1. The third-order valence-electron chi connectivity index (χ3n) is 3.99. The van der Waals surface area contributed by atoms with Gasteiger partial charge in [-0.1, -0.05) is 0 Å². The van der Waals surface area contributed by atoms with Crippen LogP contribution in [0.2, 0.25) is 0 Å². The first-order chi connectivity index (χ1) is 13.7. The van der Waals surface area contributed by atoms with Crippen molar-refractivity contribution in [2.24, 2.45) is 0 Å². The predicted molar refractivity (Wildman–Crippen MR) is 99.6 cm³/mol. The first kappa shape index (κ1) is 17.9. The fourth-order valence-corrected chi connectivity index (χ4v) is 2.74. The monoisotopic (exact) mass is 380 g/mol. The van der Waals surface area contributed by atoms with Gasteiger partial charge in [0.1, 0.15) is 0 Å². The Balaban J connectivity index is 0.000000151. The number of rotatable bonds is 2. The number of hydrogen-bond donors (Lipinski definition) is 1. The molecule has 142 valence electrons. The Labute approximate surface area is 157 Å². The van der Waals surface area contributed by atoms with E-state index in [0.29, 0.717) is 42.1 Å². The van der Waals surface area contributed by atoms with Gasteiger partial charge in [0.2, 0.25) is 0 Å². The molecule has 0 spiro atoms. The first-order valence-electron chi connectivity index (χ1n) is 8.54. The molecule has 4 aromatic heterocycles. The predicted octanol–water partition coefficient (Wildman–Crippen LogP) is 0.482. The minimum absolute atomic E-state index is 0.176. The van der Waals surface area contributed by atoms with Gasteiger partial charge in [-0.05, 0) is 24.3 Å². The molecular formula is C18H16N6O4. The second-order valence-electron chi connectivity index (χ2n) is 5.85. The molecule has 0 unspecified atom stereocenters. The van der Waals surface area contributed by atoms with Crippen molar-refractivity contribution in [1.29, 1.82) is 0 Å². The van der Waals surface area contributed by atoms with Crippen LogP contribution in [-0.2, 0) is 16.0 Å². The van der Waals surface area contributed by atoms with Gasteiger partial charge in [0.25, 0.3) is 11.1 Å². The van der Waals surface area contributed by atoms with E-state index in [1.165, 1.54) is 12.4 Å². The zero-order valence-corrected chi connectivity index (χ0v) is 14.7. The Morgan fingerprint density at radius 3 is 2.50 bits per heavy atom. The minimum atomic E-state index is -0.362. The summed E-state index contributed by atoms with van der Waals surface area (Å²) in [5, 5.41) is 0. The largest absolute Gasteiger partial charge is 0.348 e. The molecule has 5 heterocycles. The molecule has 10 heteroatoms. The lowest BCUT2D eigenvalue weighted by molar-refractivity contribution is -0.0523. The molecule has 1 aliphatic rings. The molecule has 28 heavy (non-hydrogen) atoms. The van der Waals surface area contributed by atoms with E-state index in [-0.39, 0.29) is 17.4 Å². The molecule has 1 fully saturated rings. The number of aromatic amines is 1. The topological polar surface area (TPSA) is 125 Å². The first-order valence-corrected chi connectivity index (χ1v) is 8.54. The van der Waals surface area contributed by atoms with Gasteiger partial charge in [-0.15, -0.1) is 0 Å². The molecule has 0 saturated carbocycles. The summed E-state index contributed by atoms with van der Waals surface area (Å²) in [6.07, 6.45) is 5.40. The zero-order valence-electron chi connectivity index (χ0n) is 14.7. The highest BCUT2D eigenvalue weighted by molar-refractivity contribution is 5.69. The molecule has 1 aliphatic heterocycles. The molecule has 0 radical (unpaired) electrons. The van der Waals surface area contributed by atoms with Gasteiger partial charge in [0.05, 0.1) is 43.2 Å². The van der Waals surface area contributed by atoms with E-state index in [1.54, 1.807) is 35.2 Å². The fraction of sp³-hybridized carbons (Fsp3) is 0.222. The summed E-state index contributed by atoms with van der Waals surface area (Å²) in [6.45, 7) is 1.50. The third kappa shape index (κ3) is 3.92. The number of ether oxygens (including phenoxy) is 2. The second-order valence-corrected chi connectivity index (χ2v) is 5.85. The van der Waals surface area contributed by atoms with Crippen LogP contribution in [-0.4, -0.2) is 49.0 Å². The van der Waals surface area contributed by atoms with E-state index >= 15 is 0 Å². The van der Waals surface area contributed by atoms with Gasteiger partial charge >= 0.3 is 0 Å². The molecule has 0 bridgehead atoms. The van der Waals surface area contributed by atoms with Gasteiger partial charge in [0, 0.05) is 12.4 Å². The summed E-state index contributed by atoms with van der Waals surface area (Å²) in [7, 11) is 0. The molecule has 0 aliphatic carbocycles.